The van der Waals surface area contributed by atoms with Crippen LogP contribution < -0.4 is 10.6 Å². The first-order valence-corrected chi connectivity index (χ1v) is 7.58. The zero-order chi connectivity index (χ0) is 19.4. The van der Waals surface area contributed by atoms with E-state index in [0.717, 1.165) is 42.7 Å². The summed E-state index contributed by atoms with van der Waals surface area (Å²) in [6, 6.07) is 7.72. The highest BCUT2D eigenvalue weighted by Crippen LogP contribution is 2.19. The lowest BCUT2D eigenvalue weighted by Crippen LogP contribution is -2.19. The number of nitrogens with one attached hydrogen (secondary N) is 2. The third kappa shape index (κ3) is 4.46. The van der Waals surface area contributed by atoms with E-state index in [4.69, 9.17) is 0 Å². The van der Waals surface area contributed by atoms with Crippen LogP contribution in [0.1, 0.15) is 20.8 Å². The first kappa shape index (κ1) is 18.1. The molecule has 6 nitrogen and oxygen atoms in total. The van der Waals surface area contributed by atoms with Crippen molar-refractivity contribution in [2.24, 2.45) is 0 Å². The van der Waals surface area contributed by atoms with Gasteiger partial charge in [0.2, 0.25) is 0 Å². The normalized spacial score (nSPS) is 10.3. The average molecular weight is 372 g/mol. The smallest absolute Gasteiger partial charge is 0.274 e. The van der Waals surface area contributed by atoms with Crippen LogP contribution in [0, 0.1) is 17.5 Å². The van der Waals surface area contributed by atoms with Gasteiger partial charge in [-0.3, -0.25) is 9.59 Å². The molecule has 27 heavy (non-hydrogen) atoms. The van der Waals surface area contributed by atoms with E-state index < -0.39 is 29.3 Å². The highest BCUT2D eigenvalue weighted by atomic mass is 19.1. The Labute approximate surface area is 151 Å². The molecule has 2 aromatic heterocycles. The van der Waals surface area contributed by atoms with E-state index in [1.54, 1.807) is 0 Å². The molecular formula is C18H11F3N4O2. The van der Waals surface area contributed by atoms with Crippen molar-refractivity contribution in [2.45, 2.75) is 0 Å². The molecular weight excluding hydrogens is 361 g/mol. The zero-order valence-electron chi connectivity index (χ0n) is 13.5. The molecule has 0 aliphatic carbocycles. The molecule has 2 N–H and O–H groups in total. The molecule has 2 heterocycles. The number of anilines is 2. The summed E-state index contributed by atoms with van der Waals surface area (Å²) in [5, 5.41) is 4.79. The molecule has 0 aliphatic rings. The van der Waals surface area contributed by atoms with Gasteiger partial charge < -0.3 is 10.6 Å². The minimum Gasteiger partial charge on any atom is -0.320 e. The SMILES string of the molecule is O=C(Nc1ccc(F)cc1C(=O)Nc1ccc(F)cn1)c1ccc(F)cn1. The summed E-state index contributed by atoms with van der Waals surface area (Å²) in [6.45, 7) is 0. The fraction of sp³-hybridized carbons (Fsp3) is 0. The van der Waals surface area contributed by atoms with Gasteiger partial charge in [-0.15, -0.1) is 0 Å². The van der Waals surface area contributed by atoms with E-state index in [9.17, 15) is 22.8 Å². The number of hydrogen-bond donors (Lipinski definition) is 2. The second-order valence-corrected chi connectivity index (χ2v) is 5.32. The highest BCUT2D eigenvalue weighted by molar-refractivity contribution is 6.11. The lowest BCUT2D eigenvalue weighted by atomic mass is 10.1. The number of pyridine rings is 2. The van der Waals surface area contributed by atoms with Crippen LogP contribution in [0.5, 0.6) is 0 Å². The van der Waals surface area contributed by atoms with Gasteiger partial charge in [-0.25, -0.2) is 23.1 Å². The Kier molecular flexibility index (Phi) is 5.11. The molecule has 0 unspecified atom stereocenters. The van der Waals surface area contributed by atoms with Crippen molar-refractivity contribution in [3.63, 3.8) is 0 Å². The highest BCUT2D eigenvalue weighted by Gasteiger charge is 2.17. The minimum absolute atomic E-state index is 0.00661. The molecule has 0 atom stereocenters. The molecule has 0 radical (unpaired) electrons. The number of amides is 2. The first-order valence-electron chi connectivity index (χ1n) is 7.58. The third-order valence-corrected chi connectivity index (χ3v) is 3.40. The summed E-state index contributed by atoms with van der Waals surface area (Å²) in [5.74, 6) is -3.33. The fourth-order valence-corrected chi connectivity index (χ4v) is 2.14. The number of halogens is 3. The Morgan fingerprint density at radius 2 is 1.41 bits per heavy atom. The van der Waals surface area contributed by atoms with Crippen molar-refractivity contribution in [1.82, 2.24) is 9.97 Å². The minimum atomic E-state index is -0.768. The van der Waals surface area contributed by atoms with E-state index in [0.29, 0.717) is 0 Å². The first-order chi connectivity index (χ1) is 12.9. The van der Waals surface area contributed by atoms with E-state index >= 15 is 0 Å². The Hall–Kier alpha value is -3.75. The van der Waals surface area contributed by atoms with Crippen molar-refractivity contribution in [3.05, 3.63) is 83.6 Å². The Bertz CT molecular complexity index is 992. The maximum Gasteiger partial charge on any atom is 0.274 e. The number of carbonyl (C=O) groups excluding carboxylic acids is 2. The quantitative estimate of drug-likeness (QED) is 0.735. The molecule has 0 saturated carbocycles. The molecule has 3 aromatic rings. The number of benzene rings is 1. The molecule has 9 heteroatoms. The van der Waals surface area contributed by atoms with Gasteiger partial charge in [0, 0.05) is 0 Å². The zero-order valence-corrected chi connectivity index (χ0v) is 13.5. The van der Waals surface area contributed by atoms with Gasteiger partial charge in [-0.1, -0.05) is 0 Å². The predicted molar refractivity (Wildman–Crippen MR) is 90.7 cm³/mol. The molecule has 0 fully saturated rings. The number of aromatic nitrogens is 2. The molecule has 0 saturated heterocycles. The van der Waals surface area contributed by atoms with E-state index in [-0.39, 0.29) is 22.8 Å². The lowest BCUT2D eigenvalue weighted by Gasteiger charge is -2.11. The van der Waals surface area contributed by atoms with Gasteiger partial charge >= 0.3 is 0 Å². The average Bonchev–Trinajstić information content (AvgIpc) is 2.65. The van der Waals surface area contributed by atoms with Crippen LogP contribution in [0.2, 0.25) is 0 Å². The van der Waals surface area contributed by atoms with Crippen LogP contribution in [0.25, 0.3) is 0 Å². The molecule has 2 amide bonds. The van der Waals surface area contributed by atoms with Crippen molar-refractivity contribution >= 4 is 23.3 Å². The second kappa shape index (κ2) is 7.65. The summed E-state index contributed by atoms with van der Waals surface area (Å²) in [7, 11) is 0. The van der Waals surface area contributed by atoms with Crippen LogP contribution in [0.4, 0.5) is 24.7 Å². The second-order valence-electron chi connectivity index (χ2n) is 5.32. The fourth-order valence-electron chi connectivity index (χ4n) is 2.14. The summed E-state index contributed by atoms with van der Waals surface area (Å²) in [5.41, 5.74) is -0.268. The monoisotopic (exact) mass is 372 g/mol. The van der Waals surface area contributed by atoms with Gasteiger partial charge in [0.05, 0.1) is 23.6 Å². The third-order valence-electron chi connectivity index (χ3n) is 3.40. The summed E-state index contributed by atoms with van der Waals surface area (Å²) < 4.78 is 39.4. The maximum atomic E-state index is 13.6. The standard InChI is InChI=1S/C18H11F3N4O2/c19-10-1-4-14(24-18(27)15-5-2-11(20)8-22-15)13(7-10)17(26)25-16-6-3-12(21)9-23-16/h1-9H,(H,24,27)(H,23,25,26). The Balaban J connectivity index is 1.83. The van der Waals surface area contributed by atoms with Gasteiger partial charge in [0.1, 0.15) is 29.0 Å². The Morgan fingerprint density at radius 1 is 0.741 bits per heavy atom. The molecule has 0 aliphatic heterocycles. The summed E-state index contributed by atoms with van der Waals surface area (Å²) in [6.07, 6.45) is 1.78. The molecule has 0 spiro atoms. The number of carbonyl (C=O) groups is 2. The van der Waals surface area contributed by atoms with Crippen LogP contribution in [-0.4, -0.2) is 21.8 Å². The van der Waals surface area contributed by atoms with Gasteiger partial charge in [0.25, 0.3) is 11.8 Å². The molecule has 136 valence electrons. The number of hydrogen-bond acceptors (Lipinski definition) is 4. The lowest BCUT2D eigenvalue weighted by molar-refractivity contribution is 0.102. The summed E-state index contributed by atoms with van der Waals surface area (Å²) >= 11 is 0. The number of nitrogens with zero attached hydrogens (tertiary/aromatic N) is 2. The summed E-state index contributed by atoms with van der Waals surface area (Å²) in [4.78, 5) is 31.9. The van der Waals surface area contributed by atoms with E-state index in [1.807, 2.05) is 0 Å². The van der Waals surface area contributed by atoms with Crippen molar-refractivity contribution in [2.75, 3.05) is 10.6 Å². The van der Waals surface area contributed by atoms with Gasteiger partial charge in [-0.2, -0.15) is 0 Å². The van der Waals surface area contributed by atoms with Crippen LogP contribution in [0.15, 0.2) is 54.9 Å². The van der Waals surface area contributed by atoms with Crippen LogP contribution >= 0.6 is 0 Å². The van der Waals surface area contributed by atoms with Crippen LogP contribution in [0.3, 0.4) is 0 Å². The van der Waals surface area contributed by atoms with Crippen molar-refractivity contribution in [3.8, 4) is 0 Å². The van der Waals surface area contributed by atoms with Crippen molar-refractivity contribution < 1.29 is 22.8 Å². The Morgan fingerprint density at radius 3 is 2.04 bits per heavy atom. The van der Waals surface area contributed by atoms with Crippen LogP contribution in [-0.2, 0) is 0 Å². The maximum absolute atomic E-state index is 13.6. The van der Waals surface area contributed by atoms with Crippen molar-refractivity contribution in [1.29, 1.82) is 0 Å². The van der Waals surface area contributed by atoms with E-state index in [1.165, 1.54) is 12.1 Å². The molecule has 1 aromatic carbocycles. The predicted octanol–water partition coefficient (Wildman–Crippen LogP) is 3.40. The van der Waals surface area contributed by atoms with E-state index in [2.05, 4.69) is 20.6 Å². The van der Waals surface area contributed by atoms with Gasteiger partial charge in [0.15, 0.2) is 0 Å². The molecule has 0 bridgehead atoms. The topological polar surface area (TPSA) is 84.0 Å². The molecule has 3 rings (SSSR count). The number of rotatable bonds is 4. The van der Waals surface area contributed by atoms with Gasteiger partial charge in [-0.05, 0) is 42.5 Å². The largest absolute Gasteiger partial charge is 0.320 e.